The minimum absolute atomic E-state index is 0.00459. The van der Waals surface area contributed by atoms with E-state index >= 15 is 0 Å². The van der Waals surface area contributed by atoms with Crippen LogP contribution in [0.1, 0.15) is 57.8 Å². The van der Waals surface area contributed by atoms with Crippen LogP contribution in [-0.2, 0) is 42.9 Å². The number of carbonyl (C=O) groups excluding carboxylic acids is 5. The molecule has 0 radical (unpaired) electrons. The van der Waals surface area contributed by atoms with Crippen LogP contribution in [0.15, 0.2) is 12.7 Å². The van der Waals surface area contributed by atoms with E-state index in [-0.39, 0.29) is 51.0 Å². The largest absolute Gasteiger partial charge is 0.466 e. The highest BCUT2D eigenvalue weighted by molar-refractivity contribution is 5.94. The standard InChI is InChI=1S/C21H33NO9/c1-3-18(24)30-14-15-31-20(26)11-7-4-8-12-28-19(25)10-6-5-9-13-29-21(27)16-17(23)22-2/h3H,1,4-16H2,2H3,(H,22,23). The van der Waals surface area contributed by atoms with E-state index in [0.29, 0.717) is 38.7 Å². The van der Waals surface area contributed by atoms with E-state index in [1.54, 1.807) is 0 Å². The molecule has 0 atom stereocenters. The molecular weight excluding hydrogens is 410 g/mol. The van der Waals surface area contributed by atoms with Crippen LogP contribution < -0.4 is 5.32 Å². The van der Waals surface area contributed by atoms with Gasteiger partial charge in [0.05, 0.1) is 13.2 Å². The molecule has 0 aromatic heterocycles. The molecule has 0 fully saturated rings. The van der Waals surface area contributed by atoms with E-state index in [2.05, 4.69) is 16.6 Å². The summed E-state index contributed by atoms with van der Waals surface area (Å²) in [5.74, 6) is -2.18. The molecule has 0 aromatic carbocycles. The lowest BCUT2D eigenvalue weighted by Crippen LogP contribution is -2.22. The van der Waals surface area contributed by atoms with E-state index in [1.165, 1.54) is 7.05 Å². The van der Waals surface area contributed by atoms with Crippen LogP contribution in [-0.4, -0.2) is 63.3 Å². The van der Waals surface area contributed by atoms with Crippen molar-refractivity contribution in [1.29, 1.82) is 0 Å². The summed E-state index contributed by atoms with van der Waals surface area (Å²) >= 11 is 0. The molecular formula is C21H33NO9. The number of unbranched alkanes of at least 4 members (excludes halogenated alkanes) is 4. The second-order valence-corrected chi connectivity index (χ2v) is 6.50. The normalized spacial score (nSPS) is 9.97. The predicted molar refractivity (Wildman–Crippen MR) is 110 cm³/mol. The SMILES string of the molecule is C=CC(=O)OCCOC(=O)CCCCCOC(=O)CCCCCOC(=O)CC(=O)NC. The van der Waals surface area contributed by atoms with Gasteiger partial charge in [-0.2, -0.15) is 0 Å². The molecule has 0 aliphatic rings. The van der Waals surface area contributed by atoms with E-state index in [1.807, 2.05) is 0 Å². The highest BCUT2D eigenvalue weighted by Gasteiger charge is 2.09. The van der Waals surface area contributed by atoms with Gasteiger partial charge in [0, 0.05) is 26.0 Å². The number of nitrogens with one attached hydrogen (secondary N) is 1. The fourth-order valence-corrected chi connectivity index (χ4v) is 2.24. The Labute approximate surface area is 182 Å². The molecule has 176 valence electrons. The number of ether oxygens (including phenoxy) is 4. The summed E-state index contributed by atoms with van der Waals surface area (Å²) in [7, 11) is 1.45. The predicted octanol–water partition coefficient (Wildman–Crippen LogP) is 1.60. The molecule has 0 heterocycles. The molecule has 31 heavy (non-hydrogen) atoms. The van der Waals surface area contributed by atoms with E-state index in [0.717, 1.165) is 12.5 Å². The van der Waals surface area contributed by atoms with Crippen LogP contribution in [0.3, 0.4) is 0 Å². The lowest BCUT2D eigenvalue weighted by molar-refractivity contribution is -0.149. The summed E-state index contributed by atoms with van der Waals surface area (Å²) < 4.78 is 19.6. The molecule has 10 heteroatoms. The van der Waals surface area contributed by atoms with Gasteiger partial charge >= 0.3 is 23.9 Å². The highest BCUT2D eigenvalue weighted by Crippen LogP contribution is 2.05. The van der Waals surface area contributed by atoms with Gasteiger partial charge in [-0.15, -0.1) is 0 Å². The van der Waals surface area contributed by atoms with Crippen LogP contribution in [0.2, 0.25) is 0 Å². The Kier molecular flexibility index (Phi) is 17.3. The molecule has 1 amide bonds. The molecule has 0 aliphatic carbocycles. The summed E-state index contributed by atoms with van der Waals surface area (Å²) in [6.45, 7) is 3.76. The smallest absolute Gasteiger partial charge is 0.330 e. The van der Waals surface area contributed by atoms with Gasteiger partial charge in [0.25, 0.3) is 0 Å². The molecule has 0 saturated carbocycles. The minimum Gasteiger partial charge on any atom is -0.466 e. The maximum absolute atomic E-state index is 11.6. The van der Waals surface area contributed by atoms with Crippen LogP contribution in [0.5, 0.6) is 0 Å². The first-order valence-corrected chi connectivity index (χ1v) is 10.4. The number of esters is 4. The van der Waals surface area contributed by atoms with Gasteiger partial charge in [-0.1, -0.05) is 6.58 Å². The molecule has 1 N–H and O–H groups in total. The van der Waals surface area contributed by atoms with Crippen molar-refractivity contribution >= 4 is 29.8 Å². The molecule has 0 aliphatic heterocycles. The van der Waals surface area contributed by atoms with Crippen LogP contribution in [0.4, 0.5) is 0 Å². The summed E-state index contributed by atoms with van der Waals surface area (Å²) in [6, 6.07) is 0. The van der Waals surface area contributed by atoms with Crippen LogP contribution >= 0.6 is 0 Å². The maximum atomic E-state index is 11.6. The second-order valence-electron chi connectivity index (χ2n) is 6.50. The monoisotopic (exact) mass is 443 g/mol. The Morgan fingerprint density at radius 2 is 1.16 bits per heavy atom. The van der Waals surface area contributed by atoms with Crippen molar-refractivity contribution in [1.82, 2.24) is 5.32 Å². The number of amides is 1. The Morgan fingerprint density at radius 1 is 0.677 bits per heavy atom. The van der Waals surface area contributed by atoms with E-state index in [4.69, 9.17) is 14.2 Å². The van der Waals surface area contributed by atoms with Gasteiger partial charge in [-0.25, -0.2) is 4.79 Å². The summed E-state index contributed by atoms with van der Waals surface area (Å²) in [6.07, 6.45) is 5.19. The first-order chi connectivity index (χ1) is 14.9. The lowest BCUT2D eigenvalue weighted by atomic mass is 10.2. The summed E-state index contributed by atoms with van der Waals surface area (Å²) in [5.41, 5.74) is 0. The van der Waals surface area contributed by atoms with E-state index < -0.39 is 17.8 Å². The molecule has 0 rings (SSSR count). The zero-order valence-corrected chi connectivity index (χ0v) is 18.2. The maximum Gasteiger partial charge on any atom is 0.330 e. The lowest BCUT2D eigenvalue weighted by Gasteiger charge is -2.06. The van der Waals surface area contributed by atoms with Crippen molar-refractivity contribution in [3.63, 3.8) is 0 Å². The van der Waals surface area contributed by atoms with Crippen LogP contribution in [0, 0.1) is 0 Å². The average molecular weight is 443 g/mol. The van der Waals surface area contributed by atoms with Crippen molar-refractivity contribution in [3.05, 3.63) is 12.7 Å². The van der Waals surface area contributed by atoms with E-state index in [9.17, 15) is 24.0 Å². The molecule has 0 saturated heterocycles. The fraction of sp³-hybridized carbons (Fsp3) is 0.667. The average Bonchev–Trinajstić information content (AvgIpc) is 2.75. The van der Waals surface area contributed by atoms with Gasteiger partial charge in [-0.3, -0.25) is 19.2 Å². The Balaban J connectivity index is 3.45. The Bertz CT molecular complexity index is 589. The van der Waals surface area contributed by atoms with Gasteiger partial charge in [0.2, 0.25) is 5.91 Å². The van der Waals surface area contributed by atoms with Crippen LogP contribution in [0.25, 0.3) is 0 Å². The van der Waals surface area contributed by atoms with Gasteiger partial charge < -0.3 is 24.3 Å². The number of hydrogen-bond donors (Lipinski definition) is 1. The van der Waals surface area contributed by atoms with Gasteiger partial charge in [0.15, 0.2) is 0 Å². The third kappa shape index (κ3) is 18.8. The number of hydrogen-bond acceptors (Lipinski definition) is 9. The Hall–Kier alpha value is -2.91. The number of rotatable bonds is 18. The summed E-state index contributed by atoms with van der Waals surface area (Å²) in [5, 5.41) is 2.34. The second kappa shape index (κ2) is 19.1. The molecule has 0 bridgehead atoms. The topological polar surface area (TPSA) is 134 Å². The van der Waals surface area contributed by atoms with Crippen molar-refractivity contribution in [2.45, 2.75) is 57.8 Å². The minimum atomic E-state index is -0.568. The highest BCUT2D eigenvalue weighted by atomic mass is 16.6. The molecule has 0 spiro atoms. The zero-order valence-electron chi connectivity index (χ0n) is 18.2. The van der Waals surface area contributed by atoms with Gasteiger partial charge in [0.1, 0.15) is 19.6 Å². The summed E-state index contributed by atoms with van der Waals surface area (Å²) in [4.78, 5) is 56.2. The fourth-order valence-electron chi connectivity index (χ4n) is 2.24. The first-order valence-electron chi connectivity index (χ1n) is 10.4. The zero-order chi connectivity index (χ0) is 23.3. The van der Waals surface area contributed by atoms with Crippen molar-refractivity contribution in [3.8, 4) is 0 Å². The molecule has 0 aromatic rings. The quantitative estimate of drug-likeness (QED) is 0.110. The van der Waals surface area contributed by atoms with Crippen molar-refractivity contribution < 1.29 is 42.9 Å². The molecule has 10 nitrogen and oxygen atoms in total. The van der Waals surface area contributed by atoms with Gasteiger partial charge in [-0.05, 0) is 38.5 Å². The third-order valence-corrected chi connectivity index (χ3v) is 3.92. The van der Waals surface area contributed by atoms with Crippen molar-refractivity contribution in [2.24, 2.45) is 0 Å². The first kappa shape index (κ1) is 28.1. The number of carbonyl (C=O) groups is 5. The third-order valence-electron chi connectivity index (χ3n) is 3.92. The van der Waals surface area contributed by atoms with Crippen molar-refractivity contribution in [2.75, 3.05) is 33.5 Å². The molecule has 0 unspecified atom stereocenters. The Morgan fingerprint density at radius 3 is 1.68 bits per heavy atom.